The predicted molar refractivity (Wildman–Crippen MR) is 87.6 cm³/mol. The third-order valence-corrected chi connectivity index (χ3v) is 3.23. The van der Waals surface area contributed by atoms with Crippen LogP contribution in [0.3, 0.4) is 0 Å². The van der Waals surface area contributed by atoms with E-state index in [1.165, 1.54) is 17.0 Å². The van der Waals surface area contributed by atoms with E-state index in [1.807, 2.05) is 0 Å². The molecule has 0 N–H and O–H groups in total. The first-order valence-electron chi connectivity index (χ1n) is 6.85. The number of nitrogens with zero attached hydrogens (tertiary/aromatic N) is 1. The van der Waals surface area contributed by atoms with E-state index in [-0.39, 0.29) is 28.7 Å². The van der Waals surface area contributed by atoms with Gasteiger partial charge in [-0.15, -0.1) is 12.4 Å². The number of rotatable bonds is 0. The Kier molecular flexibility index (Phi) is 5.28. The van der Waals surface area contributed by atoms with Gasteiger partial charge in [-0.25, -0.2) is 0 Å². The largest absolute Gasteiger partial charge is 0.257 e. The maximum absolute atomic E-state index is 4.89. The van der Waals surface area contributed by atoms with Gasteiger partial charge in [0, 0.05) is 22.2 Å². The molecule has 110 valence electrons. The van der Waals surface area contributed by atoms with Gasteiger partial charge in [-0.05, 0) is 23.1 Å². The van der Waals surface area contributed by atoms with Gasteiger partial charge in [-0.1, -0.05) is 62.3 Å². The minimum absolute atomic E-state index is 0. The minimum Gasteiger partial charge on any atom is -0.257 e. The summed E-state index contributed by atoms with van der Waals surface area (Å²) in [5.41, 5.74) is 4.14. The topological polar surface area (TPSA) is 12.9 Å². The highest BCUT2D eigenvalue weighted by Gasteiger charge is 2.25. The Morgan fingerprint density at radius 3 is 1.16 bits per heavy atom. The zero-order chi connectivity index (χ0) is 14.4. The standard InChI is InChI=1S/C17H29N.ClH/c1-15(2,3)12-10-13(16(4,5)6)18-14(11-12)17(7,8)9;/h10-11H,1-9H3;1H. The van der Waals surface area contributed by atoms with Crippen LogP contribution in [-0.2, 0) is 16.2 Å². The average molecular weight is 284 g/mol. The Labute approximate surface area is 125 Å². The SMILES string of the molecule is CC(C)(C)c1cc(C(C)(C)C)nc(C(C)(C)C)c1.Cl. The van der Waals surface area contributed by atoms with E-state index in [0.29, 0.717) is 0 Å². The molecule has 1 heterocycles. The number of hydrogen-bond acceptors (Lipinski definition) is 1. The second-order valence-corrected chi connectivity index (χ2v) is 8.38. The van der Waals surface area contributed by atoms with Crippen molar-refractivity contribution < 1.29 is 0 Å². The smallest absolute Gasteiger partial charge is 0.0463 e. The highest BCUT2D eigenvalue weighted by molar-refractivity contribution is 5.85. The molecular weight excluding hydrogens is 254 g/mol. The van der Waals surface area contributed by atoms with Crippen molar-refractivity contribution in [3.63, 3.8) is 0 Å². The van der Waals surface area contributed by atoms with Gasteiger partial charge in [0.1, 0.15) is 0 Å². The first-order chi connectivity index (χ1) is 7.82. The molecule has 0 unspecified atom stereocenters. The van der Waals surface area contributed by atoms with Crippen LogP contribution in [0.4, 0.5) is 0 Å². The predicted octanol–water partition coefficient (Wildman–Crippen LogP) is 5.40. The number of hydrogen-bond donors (Lipinski definition) is 0. The molecule has 2 heteroatoms. The molecule has 0 bridgehead atoms. The fourth-order valence-corrected chi connectivity index (χ4v) is 1.73. The summed E-state index contributed by atoms with van der Waals surface area (Å²) in [5, 5.41) is 0. The fourth-order valence-electron chi connectivity index (χ4n) is 1.73. The van der Waals surface area contributed by atoms with Gasteiger partial charge < -0.3 is 0 Å². The molecule has 0 saturated carbocycles. The van der Waals surface area contributed by atoms with E-state index in [1.54, 1.807) is 0 Å². The van der Waals surface area contributed by atoms with Crippen LogP contribution in [0.2, 0.25) is 0 Å². The second kappa shape index (κ2) is 5.44. The molecule has 0 radical (unpaired) electrons. The van der Waals surface area contributed by atoms with Crippen LogP contribution in [0.5, 0.6) is 0 Å². The van der Waals surface area contributed by atoms with Crippen LogP contribution in [0.25, 0.3) is 0 Å². The highest BCUT2D eigenvalue weighted by Crippen LogP contribution is 2.31. The summed E-state index contributed by atoms with van der Waals surface area (Å²) in [5.74, 6) is 0. The van der Waals surface area contributed by atoms with E-state index >= 15 is 0 Å². The Bertz CT molecular complexity index is 349. The molecule has 0 saturated heterocycles. The summed E-state index contributed by atoms with van der Waals surface area (Å²) in [6, 6.07) is 4.55. The number of aromatic nitrogens is 1. The third kappa shape index (κ3) is 4.80. The fraction of sp³-hybridized carbons (Fsp3) is 0.706. The first kappa shape index (κ1) is 18.4. The van der Waals surface area contributed by atoms with Crippen molar-refractivity contribution in [3.05, 3.63) is 29.1 Å². The van der Waals surface area contributed by atoms with Gasteiger partial charge in [0.05, 0.1) is 0 Å². The summed E-state index contributed by atoms with van der Waals surface area (Å²) in [6.45, 7) is 20.2. The van der Waals surface area contributed by atoms with Crippen molar-refractivity contribution in [2.75, 3.05) is 0 Å². The molecule has 1 aromatic heterocycles. The zero-order valence-corrected chi connectivity index (χ0v) is 14.8. The quantitative estimate of drug-likeness (QED) is 0.621. The second-order valence-electron chi connectivity index (χ2n) is 8.38. The first-order valence-corrected chi connectivity index (χ1v) is 6.85. The van der Waals surface area contributed by atoms with Crippen LogP contribution in [0.1, 0.15) is 79.3 Å². The Balaban J connectivity index is 0.00000324. The van der Waals surface area contributed by atoms with Crippen LogP contribution in [-0.4, -0.2) is 4.98 Å². The van der Waals surface area contributed by atoms with Crippen molar-refractivity contribution in [3.8, 4) is 0 Å². The maximum atomic E-state index is 4.89. The third-order valence-electron chi connectivity index (χ3n) is 3.23. The molecular formula is C17H30ClN. The lowest BCUT2D eigenvalue weighted by Gasteiger charge is -2.28. The molecule has 1 rings (SSSR count). The van der Waals surface area contributed by atoms with Crippen LogP contribution in [0, 0.1) is 0 Å². The van der Waals surface area contributed by atoms with Gasteiger partial charge in [0.2, 0.25) is 0 Å². The lowest BCUT2D eigenvalue weighted by molar-refractivity contribution is 0.517. The van der Waals surface area contributed by atoms with E-state index < -0.39 is 0 Å². The van der Waals surface area contributed by atoms with Crippen LogP contribution in [0.15, 0.2) is 12.1 Å². The summed E-state index contributed by atoms with van der Waals surface area (Å²) in [7, 11) is 0. The molecule has 0 aromatic carbocycles. The van der Waals surface area contributed by atoms with E-state index in [9.17, 15) is 0 Å². The molecule has 19 heavy (non-hydrogen) atoms. The Morgan fingerprint density at radius 2 is 0.947 bits per heavy atom. The summed E-state index contributed by atoms with van der Waals surface area (Å²) in [6.07, 6.45) is 0. The zero-order valence-electron chi connectivity index (χ0n) is 14.0. The van der Waals surface area contributed by atoms with Gasteiger partial charge in [0.25, 0.3) is 0 Å². The molecule has 0 spiro atoms. The van der Waals surface area contributed by atoms with Gasteiger partial charge in [-0.2, -0.15) is 0 Å². The van der Waals surface area contributed by atoms with Crippen LogP contribution < -0.4 is 0 Å². The summed E-state index contributed by atoms with van der Waals surface area (Å²) < 4.78 is 0. The molecule has 0 amide bonds. The lowest BCUT2D eigenvalue weighted by atomic mass is 9.80. The minimum atomic E-state index is 0. The van der Waals surface area contributed by atoms with Crippen molar-refractivity contribution in [2.24, 2.45) is 0 Å². The average Bonchev–Trinajstić information content (AvgIpc) is 2.13. The maximum Gasteiger partial charge on any atom is 0.0463 e. The number of halogens is 1. The van der Waals surface area contributed by atoms with Crippen LogP contribution >= 0.6 is 12.4 Å². The van der Waals surface area contributed by atoms with E-state index in [4.69, 9.17) is 4.98 Å². The van der Waals surface area contributed by atoms with Crippen molar-refractivity contribution in [2.45, 2.75) is 78.6 Å². The van der Waals surface area contributed by atoms with Crippen molar-refractivity contribution >= 4 is 12.4 Å². The van der Waals surface area contributed by atoms with Crippen molar-refractivity contribution in [1.82, 2.24) is 4.98 Å². The molecule has 0 aliphatic carbocycles. The Hall–Kier alpha value is -0.560. The van der Waals surface area contributed by atoms with Gasteiger partial charge >= 0.3 is 0 Å². The highest BCUT2D eigenvalue weighted by atomic mass is 35.5. The molecule has 0 atom stereocenters. The Morgan fingerprint density at radius 1 is 0.632 bits per heavy atom. The monoisotopic (exact) mass is 283 g/mol. The molecule has 1 nitrogen and oxygen atoms in total. The van der Waals surface area contributed by atoms with E-state index in [2.05, 4.69) is 74.4 Å². The summed E-state index contributed by atoms with van der Waals surface area (Å²) >= 11 is 0. The molecule has 0 aliphatic heterocycles. The molecule has 0 aliphatic rings. The van der Waals surface area contributed by atoms with E-state index in [0.717, 1.165) is 0 Å². The molecule has 1 aromatic rings. The molecule has 0 fully saturated rings. The van der Waals surface area contributed by atoms with Gasteiger partial charge in [-0.3, -0.25) is 4.98 Å². The normalized spacial score (nSPS) is 13.1. The van der Waals surface area contributed by atoms with Gasteiger partial charge in [0.15, 0.2) is 0 Å². The van der Waals surface area contributed by atoms with Crippen molar-refractivity contribution in [1.29, 1.82) is 0 Å². The lowest BCUT2D eigenvalue weighted by Crippen LogP contribution is -2.23. The summed E-state index contributed by atoms with van der Waals surface area (Å²) in [4.78, 5) is 4.89. The number of pyridine rings is 1.